The van der Waals surface area contributed by atoms with Gasteiger partial charge in [0.05, 0.1) is 9.88 Å². The van der Waals surface area contributed by atoms with Crippen molar-refractivity contribution in [3.63, 3.8) is 0 Å². The number of aromatic nitrogens is 1. The molecule has 1 unspecified atom stereocenters. The monoisotopic (exact) mass is 448 g/mol. The van der Waals surface area contributed by atoms with Crippen LogP contribution in [0.15, 0.2) is 52.9 Å². The first-order valence-corrected chi connectivity index (χ1v) is 11.8. The lowest BCUT2D eigenvalue weighted by Crippen LogP contribution is -2.45. The van der Waals surface area contributed by atoms with Gasteiger partial charge < -0.3 is 9.32 Å². The molecule has 0 N–H and O–H groups in total. The van der Waals surface area contributed by atoms with Crippen molar-refractivity contribution in [3.05, 3.63) is 76.4 Å². The number of thiazole rings is 1. The summed E-state index contributed by atoms with van der Waals surface area (Å²) in [5.74, 6) is 0.608. The summed E-state index contributed by atoms with van der Waals surface area (Å²) in [6.45, 7) is 4.70. The number of furan rings is 1. The van der Waals surface area contributed by atoms with Crippen LogP contribution in [0.2, 0.25) is 0 Å². The third-order valence-corrected chi connectivity index (χ3v) is 7.31. The minimum absolute atomic E-state index is 0.0489. The molecule has 0 spiro atoms. The molecule has 0 saturated carbocycles. The van der Waals surface area contributed by atoms with Gasteiger partial charge in [-0.15, -0.1) is 11.3 Å². The fourth-order valence-corrected chi connectivity index (χ4v) is 5.53. The van der Waals surface area contributed by atoms with Crippen LogP contribution in [-0.2, 0) is 6.42 Å². The summed E-state index contributed by atoms with van der Waals surface area (Å²) in [5, 5.41) is 1.96. The van der Waals surface area contributed by atoms with Gasteiger partial charge in [-0.25, -0.2) is 9.37 Å². The van der Waals surface area contributed by atoms with E-state index in [9.17, 15) is 9.18 Å². The van der Waals surface area contributed by atoms with Crippen molar-refractivity contribution in [2.75, 3.05) is 6.54 Å². The van der Waals surface area contributed by atoms with Gasteiger partial charge in [0.15, 0.2) is 0 Å². The molecule has 32 heavy (non-hydrogen) atoms. The molecule has 4 nitrogen and oxygen atoms in total. The molecule has 0 aliphatic carbocycles. The summed E-state index contributed by atoms with van der Waals surface area (Å²) < 4.78 is 19.6. The fourth-order valence-electron chi connectivity index (χ4n) is 4.62. The number of piperidine rings is 1. The lowest BCUT2D eigenvalue weighted by molar-refractivity contribution is 0.0603. The second-order valence-electron chi connectivity index (χ2n) is 8.42. The molecular formula is C26H25FN2O2S. The number of carbonyl (C=O) groups excluding carboxylic acids is 1. The number of hydrogen-bond donors (Lipinski definition) is 0. The molecule has 164 valence electrons. The zero-order chi connectivity index (χ0) is 22.2. The van der Waals surface area contributed by atoms with Crippen LogP contribution in [-0.4, -0.2) is 28.4 Å². The van der Waals surface area contributed by atoms with Crippen LogP contribution < -0.4 is 0 Å². The summed E-state index contributed by atoms with van der Waals surface area (Å²) in [6.07, 6.45) is 3.71. The van der Waals surface area contributed by atoms with Crippen LogP contribution >= 0.6 is 11.3 Å². The molecule has 1 atom stereocenters. The fraction of sp³-hybridized carbons (Fsp3) is 0.308. The third kappa shape index (κ3) is 3.84. The molecule has 4 aromatic rings. The van der Waals surface area contributed by atoms with Crippen molar-refractivity contribution < 1.29 is 13.6 Å². The van der Waals surface area contributed by atoms with E-state index in [0.29, 0.717) is 18.7 Å². The maximum atomic E-state index is 13.7. The van der Waals surface area contributed by atoms with E-state index in [4.69, 9.17) is 4.42 Å². The van der Waals surface area contributed by atoms with Crippen LogP contribution in [0.5, 0.6) is 0 Å². The standard InChI is InChI=1S/C26H25FN2O2S/c1-16-21-8-3-4-9-22(21)31-23(16)15-20-7-5-6-14-29(20)26(30)24-25(32-17(2)28-24)18-10-12-19(27)13-11-18/h3-4,8-13,20H,5-7,14-15H2,1-2H3. The number of hydrogen-bond acceptors (Lipinski definition) is 4. The Morgan fingerprint density at radius 1 is 1.16 bits per heavy atom. The van der Waals surface area contributed by atoms with Crippen LogP contribution in [0, 0.1) is 19.7 Å². The van der Waals surface area contributed by atoms with Gasteiger partial charge in [0.1, 0.15) is 22.9 Å². The first-order chi connectivity index (χ1) is 15.5. The molecule has 2 aromatic carbocycles. The summed E-state index contributed by atoms with van der Waals surface area (Å²) in [7, 11) is 0. The number of amides is 1. The number of para-hydroxylation sites is 1. The number of likely N-dealkylation sites (tertiary alicyclic amines) is 1. The molecule has 1 amide bonds. The van der Waals surface area contributed by atoms with E-state index in [1.807, 2.05) is 30.0 Å². The quantitative estimate of drug-likeness (QED) is 0.356. The van der Waals surface area contributed by atoms with Gasteiger partial charge in [-0.05, 0) is 62.4 Å². The van der Waals surface area contributed by atoms with Gasteiger partial charge in [0.25, 0.3) is 5.91 Å². The van der Waals surface area contributed by atoms with Crippen molar-refractivity contribution in [2.45, 2.75) is 45.6 Å². The minimum Gasteiger partial charge on any atom is -0.461 e. The Labute approximate surface area is 190 Å². The van der Waals surface area contributed by atoms with E-state index >= 15 is 0 Å². The number of aryl methyl sites for hydroxylation is 2. The molecule has 6 heteroatoms. The van der Waals surface area contributed by atoms with Gasteiger partial charge in [-0.2, -0.15) is 0 Å². The van der Waals surface area contributed by atoms with Crippen molar-refractivity contribution >= 4 is 28.2 Å². The highest BCUT2D eigenvalue weighted by molar-refractivity contribution is 7.15. The van der Waals surface area contributed by atoms with E-state index in [1.54, 1.807) is 12.1 Å². The predicted octanol–water partition coefficient (Wildman–Crippen LogP) is 6.55. The van der Waals surface area contributed by atoms with Crippen molar-refractivity contribution in [2.24, 2.45) is 0 Å². The molecule has 1 saturated heterocycles. The van der Waals surface area contributed by atoms with E-state index < -0.39 is 0 Å². The van der Waals surface area contributed by atoms with Crippen molar-refractivity contribution in [1.29, 1.82) is 0 Å². The maximum Gasteiger partial charge on any atom is 0.274 e. The average molecular weight is 449 g/mol. The number of carbonyl (C=O) groups is 1. The van der Waals surface area contributed by atoms with Gasteiger partial charge in [0, 0.05) is 24.4 Å². The molecule has 0 bridgehead atoms. The Bertz CT molecular complexity index is 1270. The summed E-state index contributed by atoms with van der Waals surface area (Å²) in [5.41, 5.74) is 3.33. The molecule has 5 rings (SSSR count). The Hall–Kier alpha value is -2.99. The minimum atomic E-state index is -0.292. The maximum absolute atomic E-state index is 13.7. The Kier molecular flexibility index (Phi) is 5.55. The van der Waals surface area contributed by atoms with Gasteiger partial charge in [0.2, 0.25) is 0 Å². The molecule has 1 fully saturated rings. The lowest BCUT2D eigenvalue weighted by atomic mass is 9.96. The molecular weight excluding hydrogens is 423 g/mol. The summed E-state index contributed by atoms with van der Waals surface area (Å²) in [4.78, 5) is 21.1. The SMILES string of the molecule is Cc1nc(C(=O)N2CCCCC2Cc2oc3ccccc3c2C)c(-c2ccc(F)cc2)s1. The Morgan fingerprint density at radius 2 is 1.94 bits per heavy atom. The topological polar surface area (TPSA) is 46.3 Å². The van der Waals surface area contributed by atoms with Crippen LogP contribution in [0.1, 0.15) is 46.1 Å². The van der Waals surface area contributed by atoms with Crippen LogP contribution in [0.4, 0.5) is 4.39 Å². The van der Waals surface area contributed by atoms with Crippen LogP contribution in [0.3, 0.4) is 0 Å². The normalized spacial score (nSPS) is 16.6. The summed E-state index contributed by atoms with van der Waals surface area (Å²) >= 11 is 1.48. The number of nitrogens with zero attached hydrogens (tertiary/aromatic N) is 2. The zero-order valence-corrected chi connectivity index (χ0v) is 19.0. The second-order valence-corrected chi connectivity index (χ2v) is 9.62. The molecule has 1 aliphatic rings. The average Bonchev–Trinajstić information content (AvgIpc) is 3.34. The van der Waals surface area contributed by atoms with E-state index in [0.717, 1.165) is 57.0 Å². The largest absolute Gasteiger partial charge is 0.461 e. The van der Waals surface area contributed by atoms with E-state index in [2.05, 4.69) is 18.0 Å². The zero-order valence-electron chi connectivity index (χ0n) is 18.2. The second kappa shape index (κ2) is 8.51. The van der Waals surface area contributed by atoms with Gasteiger partial charge in [-0.3, -0.25) is 4.79 Å². The highest BCUT2D eigenvalue weighted by Crippen LogP contribution is 2.34. The lowest BCUT2D eigenvalue weighted by Gasteiger charge is -2.35. The highest BCUT2D eigenvalue weighted by atomic mass is 32.1. The van der Waals surface area contributed by atoms with Crippen molar-refractivity contribution in [1.82, 2.24) is 9.88 Å². The molecule has 0 radical (unpaired) electrons. The highest BCUT2D eigenvalue weighted by Gasteiger charge is 2.32. The van der Waals surface area contributed by atoms with Crippen LogP contribution in [0.25, 0.3) is 21.4 Å². The first kappa shape index (κ1) is 20.9. The van der Waals surface area contributed by atoms with Gasteiger partial charge >= 0.3 is 0 Å². The Morgan fingerprint density at radius 3 is 2.72 bits per heavy atom. The molecule has 2 aromatic heterocycles. The predicted molar refractivity (Wildman–Crippen MR) is 126 cm³/mol. The number of fused-ring (bicyclic) bond motifs is 1. The molecule has 1 aliphatic heterocycles. The number of rotatable bonds is 4. The Balaban J connectivity index is 1.46. The third-order valence-electron chi connectivity index (χ3n) is 6.29. The van der Waals surface area contributed by atoms with Gasteiger partial charge in [-0.1, -0.05) is 30.3 Å². The number of halogens is 1. The first-order valence-electron chi connectivity index (χ1n) is 11.0. The van der Waals surface area contributed by atoms with E-state index in [-0.39, 0.29) is 17.8 Å². The smallest absolute Gasteiger partial charge is 0.274 e. The van der Waals surface area contributed by atoms with E-state index in [1.165, 1.54) is 23.5 Å². The number of benzene rings is 2. The van der Waals surface area contributed by atoms with Crippen molar-refractivity contribution in [3.8, 4) is 10.4 Å². The molecule has 3 heterocycles. The summed E-state index contributed by atoms with van der Waals surface area (Å²) in [6, 6.07) is 14.4.